The fourth-order valence-corrected chi connectivity index (χ4v) is 3.56. The number of fused-ring (bicyclic) bond motifs is 1. The number of imide groups is 2. The predicted octanol–water partition coefficient (Wildman–Crippen LogP) is 1.46. The first-order valence-corrected chi connectivity index (χ1v) is 7.76. The second-order valence-electron chi connectivity index (χ2n) is 6.78. The number of urea groups is 1. The smallest absolute Gasteiger partial charge is 0.331 e. The molecule has 1 aromatic rings. The van der Waals surface area contributed by atoms with E-state index in [0.717, 1.165) is 21.7 Å². The number of nitrogens with one attached hydrogen (secondary N) is 1. The molecule has 6 heteroatoms. The highest BCUT2D eigenvalue weighted by molar-refractivity contribution is 6.20. The number of amides is 4. The van der Waals surface area contributed by atoms with Crippen molar-refractivity contribution in [1.82, 2.24) is 10.2 Å². The first-order valence-electron chi connectivity index (χ1n) is 7.76. The number of hydrogen-bond acceptors (Lipinski definition) is 4. The number of rotatable bonds is 1. The zero-order valence-corrected chi connectivity index (χ0v) is 13.8. The minimum atomic E-state index is -1.24. The van der Waals surface area contributed by atoms with E-state index in [1.165, 1.54) is 0 Å². The van der Waals surface area contributed by atoms with Crippen LogP contribution in [0.5, 0.6) is 0 Å². The monoisotopic (exact) mass is 315 g/mol. The summed E-state index contributed by atoms with van der Waals surface area (Å²) in [6, 6.07) is 5.10. The highest BCUT2D eigenvalue weighted by atomic mass is 16.2. The van der Waals surface area contributed by atoms with E-state index in [1.807, 2.05) is 37.1 Å². The van der Waals surface area contributed by atoms with Crippen LogP contribution in [0.3, 0.4) is 0 Å². The Labute approximate surface area is 135 Å². The Morgan fingerprint density at radius 1 is 1.22 bits per heavy atom. The van der Waals surface area contributed by atoms with Crippen LogP contribution in [0.1, 0.15) is 25.0 Å². The molecular formula is C17H21N3O3. The molecule has 4 amide bonds. The van der Waals surface area contributed by atoms with Gasteiger partial charge in [0.05, 0.1) is 0 Å². The van der Waals surface area contributed by atoms with Gasteiger partial charge in [-0.25, -0.2) is 4.79 Å². The van der Waals surface area contributed by atoms with Crippen molar-refractivity contribution in [3.8, 4) is 0 Å². The van der Waals surface area contributed by atoms with Crippen LogP contribution in [-0.2, 0) is 16.0 Å². The van der Waals surface area contributed by atoms with Gasteiger partial charge in [0.15, 0.2) is 0 Å². The lowest BCUT2D eigenvalue weighted by atomic mass is 9.74. The lowest BCUT2D eigenvalue weighted by Gasteiger charge is -2.46. The van der Waals surface area contributed by atoms with E-state index < -0.39 is 23.3 Å². The molecule has 2 aliphatic rings. The molecule has 0 aromatic heterocycles. The highest BCUT2D eigenvalue weighted by Gasteiger charge is 2.56. The number of aryl methyl sites for hydroxylation is 1. The summed E-state index contributed by atoms with van der Waals surface area (Å²) < 4.78 is 0. The molecule has 0 bridgehead atoms. The summed E-state index contributed by atoms with van der Waals surface area (Å²) in [5.74, 6) is -0.899. The second kappa shape index (κ2) is 5.08. The molecule has 1 saturated heterocycles. The van der Waals surface area contributed by atoms with E-state index in [1.54, 1.807) is 13.8 Å². The third-order valence-electron chi connectivity index (χ3n) is 4.66. The Hall–Kier alpha value is -2.37. The lowest BCUT2D eigenvalue weighted by molar-refractivity contribution is -0.152. The number of nitrogens with zero attached hydrogens (tertiary/aromatic N) is 2. The van der Waals surface area contributed by atoms with Crippen molar-refractivity contribution >= 4 is 23.5 Å². The number of anilines is 1. The molecule has 0 saturated carbocycles. The van der Waals surface area contributed by atoms with Gasteiger partial charge in [-0.1, -0.05) is 17.7 Å². The van der Waals surface area contributed by atoms with Crippen molar-refractivity contribution in [1.29, 1.82) is 0 Å². The van der Waals surface area contributed by atoms with Gasteiger partial charge >= 0.3 is 6.03 Å². The van der Waals surface area contributed by atoms with E-state index in [4.69, 9.17) is 0 Å². The molecular weight excluding hydrogens is 294 g/mol. The van der Waals surface area contributed by atoms with Gasteiger partial charge in [0.25, 0.3) is 0 Å². The first-order chi connectivity index (χ1) is 10.8. The molecule has 6 nitrogen and oxygen atoms in total. The van der Waals surface area contributed by atoms with Crippen molar-refractivity contribution in [2.75, 3.05) is 18.5 Å². The van der Waals surface area contributed by atoms with Crippen LogP contribution in [0.25, 0.3) is 0 Å². The fourth-order valence-electron chi connectivity index (χ4n) is 3.56. The van der Waals surface area contributed by atoms with E-state index in [2.05, 4.69) is 5.32 Å². The van der Waals surface area contributed by atoms with Gasteiger partial charge < -0.3 is 4.90 Å². The first kappa shape index (κ1) is 15.5. The van der Waals surface area contributed by atoms with Crippen LogP contribution in [0.4, 0.5) is 10.5 Å². The molecule has 2 heterocycles. The van der Waals surface area contributed by atoms with Crippen LogP contribution in [0.15, 0.2) is 18.2 Å². The van der Waals surface area contributed by atoms with Crippen molar-refractivity contribution in [2.45, 2.75) is 33.2 Å². The SMILES string of the molecule is Cc1ccc2c(c1)C[C@@]1(CN2C)C(=O)NC(=O)N(C(C)C)C1=O. The molecule has 2 aliphatic heterocycles. The summed E-state index contributed by atoms with van der Waals surface area (Å²) >= 11 is 0. The van der Waals surface area contributed by atoms with E-state index >= 15 is 0 Å². The standard InChI is InChI=1S/C17H21N3O3/c1-10(2)20-15(22)17(14(21)18-16(20)23)8-12-7-11(3)5-6-13(12)19(4)9-17/h5-7,10H,8-9H2,1-4H3,(H,18,21,23)/t17-/m1/s1. The Balaban J connectivity index is 2.09. The molecule has 1 aromatic carbocycles. The van der Waals surface area contributed by atoms with E-state index in [-0.39, 0.29) is 12.6 Å². The Kier molecular flexibility index (Phi) is 3.43. The summed E-state index contributed by atoms with van der Waals surface area (Å²) in [5, 5.41) is 2.37. The quantitative estimate of drug-likeness (QED) is 0.797. The van der Waals surface area contributed by atoms with Gasteiger partial charge in [-0.3, -0.25) is 19.8 Å². The van der Waals surface area contributed by atoms with Gasteiger partial charge in [0.1, 0.15) is 5.41 Å². The molecule has 1 spiro atoms. The minimum Gasteiger partial charge on any atom is -0.373 e. The molecule has 23 heavy (non-hydrogen) atoms. The van der Waals surface area contributed by atoms with Crippen molar-refractivity contribution in [2.24, 2.45) is 5.41 Å². The molecule has 122 valence electrons. The molecule has 1 fully saturated rings. The van der Waals surface area contributed by atoms with Crippen molar-refractivity contribution in [3.63, 3.8) is 0 Å². The molecule has 0 radical (unpaired) electrons. The maximum Gasteiger partial charge on any atom is 0.331 e. The summed E-state index contributed by atoms with van der Waals surface area (Å²) in [6.45, 7) is 5.79. The number of carbonyl (C=O) groups excluding carboxylic acids is 3. The molecule has 0 unspecified atom stereocenters. The summed E-state index contributed by atoms with van der Waals surface area (Å²) in [7, 11) is 1.87. The van der Waals surface area contributed by atoms with E-state index in [9.17, 15) is 14.4 Å². The normalized spacial score (nSPS) is 24.3. The average Bonchev–Trinajstić information content (AvgIpc) is 2.44. The van der Waals surface area contributed by atoms with Crippen LogP contribution >= 0.6 is 0 Å². The molecule has 3 rings (SSSR count). The lowest BCUT2D eigenvalue weighted by Crippen LogP contribution is -2.69. The largest absolute Gasteiger partial charge is 0.373 e. The summed E-state index contributed by atoms with van der Waals surface area (Å²) in [5.41, 5.74) is 1.82. The van der Waals surface area contributed by atoms with Crippen molar-refractivity contribution in [3.05, 3.63) is 29.3 Å². The topological polar surface area (TPSA) is 69.7 Å². The Morgan fingerprint density at radius 2 is 1.91 bits per heavy atom. The van der Waals surface area contributed by atoms with E-state index in [0.29, 0.717) is 6.42 Å². The van der Waals surface area contributed by atoms with Crippen LogP contribution in [0, 0.1) is 12.3 Å². The van der Waals surface area contributed by atoms with Crippen molar-refractivity contribution < 1.29 is 14.4 Å². The maximum atomic E-state index is 13.0. The van der Waals surface area contributed by atoms with Gasteiger partial charge in [-0.2, -0.15) is 0 Å². The van der Waals surface area contributed by atoms with Gasteiger partial charge in [0.2, 0.25) is 11.8 Å². The summed E-state index contributed by atoms with van der Waals surface area (Å²) in [4.78, 5) is 40.7. The number of carbonyl (C=O) groups is 3. The van der Waals surface area contributed by atoms with Crippen LogP contribution < -0.4 is 10.2 Å². The van der Waals surface area contributed by atoms with Gasteiger partial charge in [0, 0.05) is 25.3 Å². The number of benzene rings is 1. The predicted molar refractivity (Wildman–Crippen MR) is 86.1 cm³/mol. The third kappa shape index (κ3) is 2.20. The zero-order chi connectivity index (χ0) is 16.9. The van der Waals surface area contributed by atoms with Crippen LogP contribution in [-0.4, -0.2) is 42.4 Å². The maximum absolute atomic E-state index is 13.0. The molecule has 1 N–H and O–H groups in total. The fraction of sp³-hybridized carbons (Fsp3) is 0.471. The Bertz CT molecular complexity index is 713. The average molecular weight is 315 g/mol. The third-order valence-corrected chi connectivity index (χ3v) is 4.66. The zero-order valence-electron chi connectivity index (χ0n) is 13.8. The minimum absolute atomic E-state index is 0.268. The van der Waals surface area contributed by atoms with Gasteiger partial charge in [-0.15, -0.1) is 0 Å². The molecule has 0 aliphatic carbocycles. The number of barbiturate groups is 1. The number of hydrogen-bond donors (Lipinski definition) is 1. The van der Waals surface area contributed by atoms with Gasteiger partial charge in [-0.05, 0) is 38.8 Å². The highest BCUT2D eigenvalue weighted by Crippen LogP contribution is 2.39. The van der Waals surface area contributed by atoms with Crippen LogP contribution in [0.2, 0.25) is 0 Å². The Morgan fingerprint density at radius 3 is 2.57 bits per heavy atom. The molecule has 1 atom stereocenters. The second-order valence-corrected chi connectivity index (χ2v) is 6.78. The summed E-state index contributed by atoms with van der Waals surface area (Å²) in [6.07, 6.45) is 0.315.